The maximum atomic E-state index is 6.94. The highest BCUT2D eigenvalue weighted by atomic mass is 16.3. The molecule has 0 saturated heterocycles. The second-order valence-electron chi connectivity index (χ2n) is 23.4. The van der Waals surface area contributed by atoms with Crippen LogP contribution in [0, 0.1) is 0 Å². The van der Waals surface area contributed by atoms with E-state index in [-0.39, 0.29) is 0 Å². The molecule has 0 radical (unpaired) electrons. The first kappa shape index (κ1) is 49.9. The van der Waals surface area contributed by atoms with E-state index in [1.54, 1.807) is 0 Å². The van der Waals surface area contributed by atoms with Crippen LogP contribution in [0.2, 0.25) is 0 Å². The van der Waals surface area contributed by atoms with Crippen molar-refractivity contribution < 1.29 is 8.83 Å². The summed E-state index contributed by atoms with van der Waals surface area (Å²) in [6, 6.07) is 120. The number of nitrogens with zero attached hydrogens (tertiary/aromatic N) is 2. The number of para-hydroxylation sites is 2. The average Bonchev–Trinajstić information content (AvgIpc) is 1.67. The number of fused-ring (bicyclic) bond motifs is 15. The molecule has 2 aromatic heterocycles. The molecule has 2 aliphatic carbocycles. The summed E-state index contributed by atoms with van der Waals surface area (Å²) >= 11 is 0. The normalized spacial score (nSPS) is 13.4. The van der Waals surface area contributed by atoms with Gasteiger partial charge in [-0.2, -0.15) is 0 Å². The number of hydrogen-bond donors (Lipinski definition) is 0. The van der Waals surface area contributed by atoms with Crippen molar-refractivity contribution in [3.8, 4) is 22.3 Å². The fourth-order valence-corrected chi connectivity index (χ4v) is 15.4. The van der Waals surface area contributed by atoms with Crippen molar-refractivity contribution in [1.82, 2.24) is 0 Å². The molecule has 0 bridgehead atoms. The first-order valence-corrected chi connectivity index (χ1v) is 30.3. The number of benzene rings is 14. The van der Waals surface area contributed by atoms with E-state index in [0.29, 0.717) is 0 Å². The van der Waals surface area contributed by atoms with Crippen LogP contribution in [-0.2, 0) is 10.8 Å². The minimum atomic E-state index is -0.537. The SMILES string of the molecule is c1ccc(N(c2cccc(C3(c4ccccc4)c4ccccc4-c4ccccc43)c2)c2ccc3c(c2)oc2ccc4c(ccc5oc6cc(N(c7ccccc7)c7cccc(C8(c9ccccc9)c9ccccc9-c9ccccc98)c7)ccc6c54)c23)cc1. The van der Waals surface area contributed by atoms with Crippen LogP contribution in [0.3, 0.4) is 0 Å². The average molecular weight is 1120 g/mol. The number of rotatable bonds is 10. The zero-order chi connectivity index (χ0) is 57.9. The Morgan fingerprint density at radius 3 is 0.875 bits per heavy atom. The second-order valence-corrected chi connectivity index (χ2v) is 23.4. The van der Waals surface area contributed by atoms with Crippen LogP contribution < -0.4 is 9.80 Å². The van der Waals surface area contributed by atoms with E-state index in [2.05, 4.69) is 337 Å². The van der Waals surface area contributed by atoms with Crippen LogP contribution in [-0.4, -0.2) is 0 Å². The zero-order valence-electron chi connectivity index (χ0n) is 47.9. The number of anilines is 6. The number of hydrogen-bond acceptors (Lipinski definition) is 4. The number of furan rings is 2. The molecule has 2 aliphatic rings. The summed E-state index contributed by atoms with van der Waals surface area (Å²) in [7, 11) is 0. The van der Waals surface area contributed by atoms with Crippen molar-refractivity contribution in [3.63, 3.8) is 0 Å². The first-order chi connectivity index (χ1) is 43.6. The lowest BCUT2D eigenvalue weighted by Gasteiger charge is -2.35. The van der Waals surface area contributed by atoms with Gasteiger partial charge in [0.05, 0.1) is 10.8 Å². The maximum Gasteiger partial charge on any atom is 0.137 e. The van der Waals surface area contributed by atoms with Gasteiger partial charge in [-0.15, -0.1) is 0 Å². The van der Waals surface area contributed by atoms with Crippen molar-refractivity contribution in [3.05, 3.63) is 372 Å². The van der Waals surface area contributed by atoms with Crippen LogP contribution in [0.25, 0.3) is 76.9 Å². The largest absolute Gasteiger partial charge is 0.456 e. The topological polar surface area (TPSA) is 32.8 Å². The van der Waals surface area contributed by atoms with Gasteiger partial charge in [0.15, 0.2) is 0 Å². The van der Waals surface area contributed by atoms with Crippen LogP contribution in [0.5, 0.6) is 0 Å². The Labute approximate surface area is 509 Å². The Bertz CT molecular complexity index is 4980. The van der Waals surface area contributed by atoms with E-state index in [1.807, 2.05) is 0 Å². The molecular weight excluding hydrogens is 1070 g/mol. The Hall–Kier alpha value is -11.5. The zero-order valence-corrected chi connectivity index (χ0v) is 47.9. The molecule has 4 nitrogen and oxygen atoms in total. The molecular formula is C84H54N2O2. The molecule has 14 aromatic carbocycles. The predicted molar refractivity (Wildman–Crippen MR) is 362 cm³/mol. The van der Waals surface area contributed by atoms with Crippen LogP contribution in [0.4, 0.5) is 34.1 Å². The Balaban J connectivity index is 0.752. The lowest BCUT2D eigenvalue weighted by atomic mass is 9.67. The fraction of sp³-hybridized carbons (Fsp3) is 0.0238. The maximum absolute atomic E-state index is 6.94. The highest BCUT2D eigenvalue weighted by Crippen LogP contribution is 2.59. The molecule has 18 rings (SSSR count). The third kappa shape index (κ3) is 7.20. The Kier molecular flexibility index (Phi) is 11.1. The van der Waals surface area contributed by atoms with Crippen molar-refractivity contribution in [2.45, 2.75) is 10.8 Å². The van der Waals surface area contributed by atoms with E-state index < -0.39 is 10.8 Å². The van der Waals surface area contributed by atoms with Crippen LogP contribution in [0.1, 0.15) is 44.5 Å². The summed E-state index contributed by atoms with van der Waals surface area (Å²) in [4.78, 5) is 4.72. The second kappa shape index (κ2) is 19.5. The lowest BCUT2D eigenvalue weighted by molar-refractivity contribution is 0.668. The van der Waals surface area contributed by atoms with Crippen molar-refractivity contribution >= 4 is 88.8 Å². The molecule has 2 heterocycles. The third-order valence-corrected chi connectivity index (χ3v) is 19.0. The Morgan fingerprint density at radius 1 is 0.205 bits per heavy atom. The van der Waals surface area contributed by atoms with Crippen molar-refractivity contribution in [2.24, 2.45) is 0 Å². The van der Waals surface area contributed by atoms with Gasteiger partial charge >= 0.3 is 0 Å². The van der Waals surface area contributed by atoms with Gasteiger partial charge in [-0.25, -0.2) is 0 Å². The first-order valence-electron chi connectivity index (χ1n) is 30.3. The van der Waals surface area contributed by atoms with Gasteiger partial charge in [-0.1, -0.05) is 218 Å². The van der Waals surface area contributed by atoms with E-state index in [4.69, 9.17) is 8.83 Å². The summed E-state index contributed by atoms with van der Waals surface area (Å²) in [5.41, 5.74) is 23.5. The van der Waals surface area contributed by atoms with Gasteiger partial charge in [0.25, 0.3) is 0 Å². The van der Waals surface area contributed by atoms with Gasteiger partial charge < -0.3 is 18.6 Å². The molecule has 0 saturated carbocycles. The molecule has 88 heavy (non-hydrogen) atoms. The van der Waals surface area contributed by atoms with Crippen LogP contribution in [0.15, 0.2) is 336 Å². The molecule has 0 unspecified atom stereocenters. The molecule has 0 spiro atoms. The summed E-state index contributed by atoms with van der Waals surface area (Å²) in [6.45, 7) is 0. The molecule has 0 aliphatic heterocycles. The van der Waals surface area contributed by atoms with Gasteiger partial charge in [-0.3, -0.25) is 0 Å². The van der Waals surface area contributed by atoms with Crippen molar-refractivity contribution in [1.29, 1.82) is 0 Å². The molecule has 16 aromatic rings. The summed E-state index contributed by atoms with van der Waals surface area (Å²) < 4.78 is 13.9. The summed E-state index contributed by atoms with van der Waals surface area (Å²) in [5, 5.41) is 6.51. The van der Waals surface area contributed by atoms with Crippen LogP contribution >= 0.6 is 0 Å². The van der Waals surface area contributed by atoms with Gasteiger partial charge in [-0.05, 0) is 175 Å². The third-order valence-electron chi connectivity index (χ3n) is 19.0. The molecule has 0 atom stereocenters. The van der Waals surface area contributed by atoms with Crippen molar-refractivity contribution in [2.75, 3.05) is 9.80 Å². The highest BCUT2D eigenvalue weighted by Gasteiger charge is 2.47. The minimum absolute atomic E-state index is 0.537. The smallest absolute Gasteiger partial charge is 0.137 e. The van der Waals surface area contributed by atoms with Gasteiger partial charge in [0, 0.05) is 67.8 Å². The molecule has 4 heteroatoms. The predicted octanol–water partition coefficient (Wildman–Crippen LogP) is 22.3. The van der Waals surface area contributed by atoms with E-state index in [9.17, 15) is 0 Å². The van der Waals surface area contributed by atoms with E-state index in [0.717, 1.165) is 88.8 Å². The monoisotopic (exact) mass is 1120 g/mol. The Morgan fingerprint density at radius 2 is 0.500 bits per heavy atom. The molecule has 0 amide bonds. The quantitative estimate of drug-likeness (QED) is 0.137. The summed E-state index contributed by atoms with van der Waals surface area (Å²) in [6.07, 6.45) is 0. The lowest BCUT2D eigenvalue weighted by Crippen LogP contribution is -2.28. The minimum Gasteiger partial charge on any atom is -0.456 e. The molecule has 0 fully saturated rings. The molecule has 412 valence electrons. The van der Waals surface area contributed by atoms with E-state index in [1.165, 1.54) is 66.8 Å². The fourth-order valence-electron chi connectivity index (χ4n) is 15.4. The standard InChI is InChI=1S/C84H54N2O2/c1-5-23-55(24-6-1)83(73-39-17-13-35-65(73)66-36-14-18-40-74(66)83)57-27-21-33-61(51-57)85(59-29-9-3-10-30-59)63-43-45-71-79(53-63)87-77-49-47-70-69(81(71)77)48-50-78-82(70)72-46-44-64(54-80(72)88-78)86(60-31-11-4-12-32-60)62-34-22-28-58(52-62)84(56-25-7-2-8-26-56)75-41-19-15-37-67(75)68-38-16-20-42-76(68)84/h1-54H. The van der Waals surface area contributed by atoms with Gasteiger partial charge in [0.2, 0.25) is 0 Å². The van der Waals surface area contributed by atoms with Gasteiger partial charge in [0.1, 0.15) is 22.3 Å². The molecule has 0 N–H and O–H groups in total. The highest BCUT2D eigenvalue weighted by molar-refractivity contribution is 6.27. The van der Waals surface area contributed by atoms with E-state index >= 15 is 0 Å². The summed E-state index contributed by atoms with van der Waals surface area (Å²) in [5.74, 6) is 0.